The first-order valence-corrected chi connectivity index (χ1v) is 10.3. The van der Waals surface area contributed by atoms with Gasteiger partial charge in [0.2, 0.25) is 5.91 Å². The molecule has 4 nitrogen and oxygen atoms in total. The normalized spacial score (nSPS) is 12.1. The van der Waals surface area contributed by atoms with E-state index >= 15 is 0 Å². The van der Waals surface area contributed by atoms with Crippen LogP contribution in [0.25, 0.3) is 0 Å². The third-order valence-electron chi connectivity index (χ3n) is 4.34. The van der Waals surface area contributed by atoms with Crippen LogP contribution in [0, 0.1) is 5.92 Å². The average molecular weight is 360 g/mol. The van der Waals surface area contributed by atoms with Crippen LogP contribution in [0.5, 0.6) is 0 Å². The molecule has 1 atom stereocenters. The third kappa shape index (κ3) is 16.2. The summed E-state index contributed by atoms with van der Waals surface area (Å²) < 4.78 is 0. The van der Waals surface area contributed by atoms with Gasteiger partial charge in [-0.15, -0.1) is 0 Å². The summed E-state index contributed by atoms with van der Waals surface area (Å²) in [6, 6.07) is 0. The summed E-state index contributed by atoms with van der Waals surface area (Å²) >= 11 is 4.13. The first-order valence-electron chi connectivity index (χ1n) is 9.68. The number of carbonyl (C=O) groups is 2. The van der Waals surface area contributed by atoms with Crippen LogP contribution in [0.2, 0.25) is 0 Å². The first-order chi connectivity index (χ1) is 11.6. The Bertz CT molecular complexity index is 324. The maximum Gasteiger partial charge on any atom is 0.303 e. The summed E-state index contributed by atoms with van der Waals surface area (Å²) in [6.45, 7) is 2.69. The molecule has 0 spiro atoms. The van der Waals surface area contributed by atoms with Crippen LogP contribution in [0.4, 0.5) is 0 Å². The summed E-state index contributed by atoms with van der Waals surface area (Å²) in [5.74, 6) is 0.0526. The highest BCUT2D eigenvalue weighted by Crippen LogP contribution is 2.12. The standard InChI is InChI=1S/C19H37NO3S/c1-17(16-24)19(23)20-15-13-11-9-7-5-3-2-4-6-8-10-12-14-18(21)22/h17,24H,2-16H2,1H3,(H,20,23)(H,21,22). The molecule has 0 aromatic heterocycles. The van der Waals surface area contributed by atoms with Gasteiger partial charge in [0.05, 0.1) is 0 Å². The van der Waals surface area contributed by atoms with E-state index in [1.807, 2.05) is 6.92 Å². The number of carboxylic acids is 1. The molecule has 0 heterocycles. The van der Waals surface area contributed by atoms with Gasteiger partial charge < -0.3 is 10.4 Å². The predicted octanol–water partition coefficient (Wildman–Crippen LogP) is 4.82. The molecule has 24 heavy (non-hydrogen) atoms. The van der Waals surface area contributed by atoms with Crippen LogP contribution < -0.4 is 5.32 Å². The predicted molar refractivity (Wildman–Crippen MR) is 104 cm³/mol. The first kappa shape index (κ1) is 23.3. The van der Waals surface area contributed by atoms with Gasteiger partial charge in [-0.25, -0.2) is 0 Å². The minimum absolute atomic E-state index is 0.00510. The molecular formula is C19H37NO3S. The maximum absolute atomic E-state index is 11.5. The molecule has 5 heteroatoms. The number of aliphatic carboxylic acids is 1. The van der Waals surface area contributed by atoms with Gasteiger partial charge in [-0.05, 0) is 12.8 Å². The molecule has 0 radical (unpaired) electrons. The number of amides is 1. The molecule has 0 aromatic carbocycles. The fourth-order valence-corrected chi connectivity index (χ4v) is 2.80. The monoisotopic (exact) mass is 359 g/mol. The Balaban J connectivity index is 3.13. The molecule has 1 amide bonds. The van der Waals surface area contributed by atoms with E-state index in [1.165, 1.54) is 57.8 Å². The number of carboxylic acid groups (broad SMARTS) is 1. The highest BCUT2D eigenvalue weighted by atomic mass is 32.1. The van der Waals surface area contributed by atoms with Crippen LogP contribution in [-0.2, 0) is 9.59 Å². The number of hydrogen-bond donors (Lipinski definition) is 3. The second-order valence-electron chi connectivity index (χ2n) is 6.76. The van der Waals surface area contributed by atoms with E-state index in [1.54, 1.807) is 0 Å². The smallest absolute Gasteiger partial charge is 0.303 e. The summed E-state index contributed by atoms with van der Waals surface area (Å²) in [7, 11) is 0. The van der Waals surface area contributed by atoms with Gasteiger partial charge in [-0.1, -0.05) is 71.1 Å². The zero-order valence-electron chi connectivity index (χ0n) is 15.4. The van der Waals surface area contributed by atoms with Crippen LogP contribution in [-0.4, -0.2) is 29.3 Å². The third-order valence-corrected chi connectivity index (χ3v) is 4.89. The minimum Gasteiger partial charge on any atom is -0.481 e. The summed E-state index contributed by atoms with van der Waals surface area (Å²) in [6.07, 6.45) is 14.6. The van der Waals surface area contributed by atoms with E-state index in [4.69, 9.17) is 5.11 Å². The van der Waals surface area contributed by atoms with Gasteiger partial charge in [0.25, 0.3) is 0 Å². The van der Waals surface area contributed by atoms with Crippen molar-refractivity contribution in [1.29, 1.82) is 0 Å². The second kappa shape index (κ2) is 17.1. The number of carbonyl (C=O) groups excluding carboxylic acids is 1. The summed E-state index contributed by atoms with van der Waals surface area (Å²) in [5.41, 5.74) is 0. The van der Waals surface area contributed by atoms with Crippen molar-refractivity contribution in [3.8, 4) is 0 Å². The van der Waals surface area contributed by atoms with Crippen molar-refractivity contribution in [2.45, 2.75) is 90.4 Å². The quantitative estimate of drug-likeness (QED) is 0.257. The topological polar surface area (TPSA) is 66.4 Å². The number of unbranched alkanes of at least 4 members (excludes halogenated alkanes) is 11. The van der Waals surface area contributed by atoms with Gasteiger partial charge in [-0.3, -0.25) is 9.59 Å². The molecule has 0 rings (SSSR count). The van der Waals surface area contributed by atoms with Crippen molar-refractivity contribution >= 4 is 24.5 Å². The molecule has 0 aliphatic heterocycles. The molecule has 1 unspecified atom stereocenters. The van der Waals surface area contributed by atoms with Crippen molar-refractivity contribution in [1.82, 2.24) is 5.32 Å². The largest absolute Gasteiger partial charge is 0.481 e. The molecule has 142 valence electrons. The fraction of sp³-hybridized carbons (Fsp3) is 0.895. The van der Waals surface area contributed by atoms with Crippen molar-refractivity contribution in [2.75, 3.05) is 12.3 Å². The zero-order chi connectivity index (χ0) is 18.0. The Morgan fingerprint density at radius 1 is 0.833 bits per heavy atom. The van der Waals surface area contributed by atoms with Gasteiger partial charge in [0.15, 0.2) is 0 Å². The van der Waals surface area contributed by atoms with Gasteiger partial charge in [-0.2, -0.15) is 12.6 Å². The lowest BCUT2D eigenvalue weighted by Gasteiger charge is -2.09. The van der Waals surface area contributed by atoms with E-state index in [-0.39, 0.29) is 11.8 Å². The lowest BCUT2D eigenvalue weighted by Crippen LogP contribution is -2.30. The molecule has 0 bridgehead atoms. The molecule has 0 aromatic rings. The Labute approximate surface area is 153 Å². The van der Waals surface area contributed by atoms with Crippen LogP contribution >= 0.6 is 12.6 Å². The number of rotatable bonds is 17. The zero-order valence-corrected chi connectivity index (χ0v) is 16.3. The van der Waals surface area contributed by atoms with Crippen molar-refractivity contribution < 1.29 is 14.7 Å². The molecule has 0 saturated heterocycles. The fourth-order valence-electron chi connectivity index (χ4n) is 2.64. The second-order valence-corrected chi connectivity index (χ2v) is 7.13. The summed E-state index contributed by atoms with van der Waals surface area (Å²) in [5, 5.41) is 11.5. The Hall–Kier alpha value is -0.710. The van der Waals surface area contributed by atoms with Gasteiger partial charge in [0, 0.05) is 24.6 Å². The molecular weight excluding hydrogens is 322 g/mol. The Morgan fingerprint density at radius 2 is 1.25 bits per heavy atom. The van der Waals surface area contributed by atoms with Crippen molar-refractivity contribution in [3.05, 3.63) is 0 Å². The van der Waals surface area contributed by atoms with E-state index in [2.05, 4.69) is 17.9 Å². The van der Waals surface area contributed by atoms with E-state index in [0.717, 1.165) is 25.8 Å². The number of nitrogens with one attached hydrogen (secondary N) is 1. The van der Waals surface area contributed by atoms with Crippen LogP contribution in [0.15, 0.2) is 0 Å². The van der Waals surface area contributed by atoms with Gasteiger partial charge >= 0.3 is 5.97 Å². The van der Waals surface area contributed by atoms with Crippen molar-refractivity contribution in [3.63, 3.8) is 0 Å². The lowest BCUT2D eigenvalue weighted by atomic mass is 10.0. The average Bonchev–Trinajstić information content (AvgIpc) is 2.57. The molecule has 0 fully saturated rings. The SMILES string of the molecule is CC(CS)C(=O)NCCCCCCCCCCCCCCC(=O)O. The van der Waals surface area contributed by atoms with E-state index < -0.39 is 5.97 Å². The van der Waals surface area contributed by atoms with Gasteiger partial charge in [0.1, 0.15) is 0 Å². The Kier molecular flexibility index (Phi) is 16.6. The highest BCUT2D eigenvalue weighted by molar-refractivity contribution is 7.80. The number of thiol groups is 1. The molecule has 0 aliphatic carbocycles. The lowest BCUT2D eigenvalue weighted by molar-refractivity contribution is -0.137. The highest BCUT2D eigenvalue weighted by Gasteiger charge is 2.08. The van der Waals surface area contributed by atoms with Crippen molar-refractivity contribution in [2.24, 2.45) is 5.92 Å². The molecule has 0 aliphatic rings. The Morgan fingerprint density at radius 3 is 1.67 bits per heavy atom. The summed E-state index contributed by atoms with van der Waals surface area (Å²) in [4.78, 5) is 21.9. The maximum atomic E-state index is 11.5. The number of hydrogen-bond acceptors (Lipinski definition) is 3. The molecule has 2 N–H and O–H groups in total. The van der Waals surface area contributed by atoms with E-state index in [0.29, 0.717) is 12.2 Å². The van der Waals surface area contributed by atoms with E-state index in [9.17, 15) is 9.59 Å². The molecule has 0 saturated carbocycles. The minimum atomic E-state index is -0.676. The van der Waals surface area contributed by atoms with Crippen LogP contribution in [0.3, 0.4) is 0 Å². The van der Waals surface area contributed by atoms with Crippen LogP contribution in [0.1, 0.15) is 90.4 Å².